The molecule has 10 heteroatoms. The number of ether oxygens (including phenoxy) is 3. The number of carbonyl (C=O) groups excluding carboxylic acids is 2. The van der Waals surface area contributed by atoms with E-state index < -0.39 is 37.0 Å². The van der Waals surface area contributed by atoms with Crippen LogP contribution in [0.15, 0.2) is 6.07 Å². The Bertz CT molecular complexity index is 995. The van der Waals surface area contributed by atoms with Gasteiger partial charge in [0.25, 0.3) is 0 Å². The van der Waals surface area contributed by atoms with Crippen LogP contribution in [0.3, 0.4) is 0 Å². The first-order valence-electron chi connectivity index (χ1n) is 12.7. The minimum Gasteiger partial charge on any atom is -0.450 e. The van der Waals surface area contributed by atoms with E-state index in [1.165, 1.54) is 0 Å². The minimum atomic E-state index is -1.31. The molecule has 0 aromatic carbocycles. The molecule has 0 aliphatic carbocycles. The molecule has 8 nitrogen and oxygen atoms in total. The van der Waals surface area contributed by atoms with Gasteiger partial charge in [-0.05, 0) is 66.5 Å². The third kappa shape index (κ3) is 6.72. The lowest BCUT2D eigenvalue weighted by Gasteiger charge is -2.41. The van der Waals surface area contributed by atoms with Crippen LogP contribution in [0.1, 0.15) is 70.5 Å². The van der Waals surface area contributed by atoms with Gasteiger partial charge in [-0.2, -0.15) is 0 Å². The van der Waals surface area contributed by atoms with E-state index in [1.54, 1.807) is 4.90 Å². The van der Waals surface area contributed by atoms with Crippen LogP contribution in [-0.4, -0.2) is 61.0 Å². The van der Waals surface area contributed by atoms with Crippen molar-refractivity contribution >= 4 is 31.9 Å². The standard InChI is InChI=1S/C26H42ClN3O5Si/c1-17-19(27)16-18-20(28-17)26(10-12-30(13-11-26)23(32)35-24(2,3)4)34-21(18)25(5,6)29-22(31)33-14-15-36(7,8)9/h16,21H,10-15H2,1-9H3,(H,29,31). The molecule has 1 N–H and O–H groups in total. The molecule has 1 spiro atoms. The number of hydrogen-bond acceptors (Lipinski definition) is 6. The molecule has 2 aliphatic rings. The maximum Gasteiger partial charge on any atom is 0.410 e. The van der Waals surface area contributed by atoms with Crippen molar-refractivity contribution in [3.8, 4) is 0 Å². The van der Waals surface area contributed by atoms with E-state index in [9.17, 15) is 9.59 Å². The second-order valence-corrected chi connectivity index (χ2v) is 18.8. The molecule has 36 heavy (non-hydrogen) atoms. The summed E-state index contributed by atoms with van der Waals surface area (Å²) in [6, 6.07) is 2.80. The van der Waals surface area contributed by atoms with Crippen molar-refractivity contribution in [3.63, 3.8) is 0 Å². The van der Waals surface area contributed by atoms with Crippen molar-refractivity contribution in [1.82, 2.24) is 15.2 Å². The summed E-state index contributed by atoms with van der Waals surface area (Å²) >= 11 is 6.48. The van der Waals surface area contributed by atoms with Gasteiger partial charge in [-0.15, -0.1) is 0 Å². The molecule has 202 valence electrons. The molecular weight excluding hydrogens is 498 g/mol. The predicted octanol–water partition coefficient (Wildman–Crippen LogP) is 6.18. The topological polar surface area (TPSA) is 90.0 Å². The maximum absolute atomic E-state index is 12.7. The minimum absolute atomic E-state index is 0.324. The number of alkyl carbamates (subject to hydrolysis) is 1. The summed E-state index contributed by atoms with van der Waals surface area (Å²) < 4.78 is 17.8. The summed E-state index contributed by atoms with van der Waals surface area (Å²) in [5.41, 5.74) is 0.419. The number of pyridine rings is 1. The Morgan fingerprint density at radius 1 is 1.22 bits per heavy atom. The van der Waals surface area contributed by atoms with Crippen LogP contribution in [0.25, 0.3) is 0 Å². The number of hydrogen-bond donors (Lipinski definition) is 1. The van der Waals surface area contributed by atoms with E-state index in [4.69, 9.17) is 30.8 Å². The largest absolute Gasteiger partial charge is 0.450 e. The number of aromatic nitrogens is 1. The van der Waals surface area contributed by atoms with Crippen molar-refractivity contribution in [2.45, 2.75) is 103 Å². The molecule has 2 aliphatic heterocycles. The van der Waals surface area contributed by atoms with Crippen molar-refractivity contribution in [2.75, 3.05) is 19.7 Å². The molecule has 1 saturated heterocycles. The Balaban J connectivity index is 1.79. The average molecular weight is 540 g/mol. The fraction of sp³-hybridized carbons (Fsp3) is 0.731. The van der Waals surface area contributed by atoms with Crippen LogP contribution in [0.5, 0.6) is 0 Å². The van der Waals surface area contributed by atoms with Crippen LogP contribution >= 0.6 is 11.6 Å². The Morgan fingerprint density at radius 2 is 1.83 bits per heavy atom. The van der Waals surface area contributed by atoms with Crippen molar-refractivity contribution in [2.24, 2.45) is 0 Å². The highest BCUT2D eigenvalue weighted by Crippen LogP contribution is 2.52. The van der Waals surface area contributed by atoms with Crippen molar-refractivity contribution in [3.05, 3.63) is 28.0 Å². The van der Waals surface area contributed by atoms with Gasteiger partial charge >= 0.3 is 12.2 Å². The normalized spacial score (nSPS) is 19.7. The number of nitrogens with one attached hydrogen (secondary N) is 1. The fourth-order valence-electron chi connectivity index (χ4n) is 4.59. The van der Waals surface area contributed by atoms with Crippen molar-refractivity contribution < 1.29 is 23.8 Å². The molecule has 1 aromatic heterocycles. The lowest BCUT2D eigenvalue weighted by atomic mass is 9.85. The summed E-state index contributed by atoms with van der Waals surface area (Å²) in [5.74, 6) is 0. The van der Waals surface area contributed by atoms with E-state index in [2.05, 4.69) is 25.0 Å². The molecule has 3 heterocycles. The third-order valence-corrected chi connectivity index (χ3v) is 8.71. The molecule has 0 saturated carbocycles. The van der Waals surface area contributed by atoms with Gasteiger partial charge in [-0.3, -0.25) is 4.98 Å². The van der Waals surface area contributed by atoms with Crippen LogP contribution in [0.4, 0.5) is 9.59 Å². The van der Waals surface area contributed by atoms with Gasteiger partial charge < -0.3 is 24.4 Å². The van der Waals surface area contributed by atoms with E-state index in [0.717, 1.165) is 23.0 Å². The van der Waals surface area contributed by atoms with Gasteiger partial charge in [0.2, 0.25) is 0 Å². The smallest absolute Gasteiger partial charge is 0.410 e. The molecule has 3 rings (SSSR count). The summed E-state index contributed by atoms with van der Waals surface area (Å²) in [7, 11) is -1.31. The zero-order valence-corrected chi connectivity index (χ0v) is 25.0. The first-order chi connectivity index (χ1) is 16.4. The van der Waals surface area contributed by atoms with E-state index in [0.29, 0.717) is 37.6 Å². The van der Waals surface area contributed by atoms with Gasteiger partial charge in [0.05, 0.1) is 28.6 Å². The van der Waals surface area contributed by atoms with Gasteiger partial charge in [0.15, 0.2) is 0 Å². The van der Waals surface area contributed by atoms with Crippen LogP contribution in [-0.2, 0) is 19.8 Å². The zero-order chi connectivity index (χ0) is 27.1. The number of rotatable bonds is 5. The van der Waals surface area contributed by atoms with Crippen LogP contribution in [0, 0.1) is 6.92 Å². The first kappa shape index (κ1) is 28.7. The number of piperidine rings is 1. The lowest BCUT2D eigenvalue weighted by Crippen LogP contribution is -2.50. The number of fused-ring (bicyclic) bond motifs is 2. The highest BCUT2D eigenvalue weighted by molar-refractivity contribution is 6.76. The number of nitrogens with zero attached hydrogens (tertiary/aromatic N) is 2. The predicted molar refractivity (Wildman–Crippen MR) is 143 cm³/mol. The molecular formula is C26H42ClN3O5Si. The Kier molecular flexibility index (Phi) is 8.09. The number of carbonyl (C=O) groups is 2. The third-order valence-electron chi connectivity index (χ3n) is 6.63. The maximum atomic E-state index is 12.7. The molecule has 1 fully saturated rings. The summed E-state index contributed by atoms with van der Waals surface area (Å²) in [6.45, 7) is 19.4. The number of amides is 2. The van der Waals surface area contributed by atoms with Crippen LogP contribution in [0.2, 0.25) is 30.7 Å². The highest BCUT2D eigenvalue weighted by atomic mass is 35.5. The van der Waals surface area contributed by atoms with E-state index in [1.807, 2.05) is 47.6 Å². The second-order valence-electron chi connectivity index (χ2n) is 12.7. The Morgan fingerprint density at radius 3 is 2.39 bits per heavy atom. The summed E-state index contributed by atoms with van der Waals surface area (Å²) in [4.78, 5) is 31.9. The molecule has 1 atom stereocenters. The van der Waals surface area contributed by atoms with Gasteiger partial charge in [0, 0.05) is 26.7 Å². The lowest BCUT2D eigenvalue weighted by molar-refractivity contribution is -0.132. The zero-order valence-electron chi connectivity index (χ0n) is 23.2. The SMILES string of the molecule is Cc1nc2c(cc1Cl)C(C(C)(C)NC(=O)OCC[Si](C)(C)C)OC21CCN(C(=O)OC(C)(C)C)CC1. The molecule has 2 amide bonds. The fourth-order valence-corrected chi connectivity index (χ4v) is 5.46. The van der Waals surface area contributed by atoms with E-state index >= 15 is 0 Å². The van der Waals surface area contributed by atoms with Crippen molar-refractivity contribution in [1.29, 1.82) is 0 Å². The first-order valence-corrected chi connectivity index (χ1v) is 16.8. The Hall–Kier alpha value is -1.84. The highest BCUT2D eigenvalue weighted by Gasteiger charge is 2.53. The number of halogens is 1. The number of likely N-dealkylation sites (tertiary alicyclic amines) is 1. The Labute approximate surface area is 221 Å². The second kappa shape index (κ2) is 10.1. The quantitative estimate of drug-likeness (QED) is 0.449. The number of aryl methyl sites for hydroxylation is 1. The van der Waals surface area contributed by atoms with Gasteiger partial charge in [-0.1, -0.05) is 31.2 Å². The molecule has 1 aromatic rings. The summed E-state index contributed by atoms with van der Waals surface area (Å²) in [5, 5.41) is 3.56. The van der Waals surface area contributed by atoms with Gasteiger partial charge in [-0.25, -0.2) is 9.59 Å². The molecule has 1 unspecified atom stereocenters. The monoisotopic (exact) mass is 539 g/mol. The molecule has 0 bridgehead atoms. The summed E-state index contributed by atoms with van der Waals surface area (Å²) in [6.07, 6.45) is -0.123. The average Bonchev–Trinajstić information content (AvgIpc) is 3.00. The van der Waals surface area contributed by atoms with Crippen LogP contribution < -0.4 is 5.32 Å². The van der Waals surface area contributed by atoms with Gasteiger partial charge in [0.1, 0.15) is 17.3 Å². The van der Waals surface area contributed by atoms with E-state index in [-0.39, 0.29) is 6.09 Å². The molecule has 0 radical (unpaired) electrons.